The molecule has 0 saturated heterocycles. The fourth-order valence-corrected chi connectivity index (χ4v) is 0.810. The van der Waals surface area contributed by atoms with Crippen LogP contribution in [0, 0.1) is 16.0 Å². The molecule has 0 N–H and O–H groups in total. The van der Waals surface area contributed by atoms with E-state index in [4.69, 9.17) is 4.74 Å². The lowest BCUT2D eigenvalue weighted by molar-refractivity contribution is -0.767. The molecule has 0 bridgehead atoms. The quantitative estimate of drug-likeness (QED) is 0.385. The molecule has 88 valence electrons. The number of esters is 1. The molecule has 0 aromatic rings. The van der Waals surface area contributed by atoms with Crippen molar-refractivity contribution < 1.29 is 19.5 Å². The molecule has 0 fully saturated rings. The molecule has 0 amide bonds. The third-order valence-corrected chi connectivity index (χ3v) is 1.98. The van der Waals surface area contributed by atoms with Crippen molar-refractivity contribution in [3.8, 4) is 0 Å². The van der Waals surface area contributed by atoms with Gasteiger partial charge in [0.05, 0.1) is 6.42 Å². The average Bonchev–Trinajstić information content (AvgIpc) is 2.00. The van der Waals surface area contributed by atoms with Gasteiger partial charge >= 0.3 is 5.97 Å². The smallest absolute Gasteiger partial charge is 0.308 e. The Hall–Kier alpha value is -1.33. The summed E-state index contributed by atoms with van der Waals surface area (Å²) in [6.07, 6.45) is -1.08. The van der Waals surface area contributed by atoms with Gasteiger partial charge in [0.15, 0.2) is 0 Å². The Morgan fingerprint density at radius 2 is 1.87 bits per heavy atom. The van der Waals surface area contributed by atoms with E-state index >= 15 is 0 Å². The van der Waals surface area contributed by atoms with Crippen molar-refractivity contribution in [2.45, 2.75) is 46.3 Å². The van der Waals surface area contributed by atoms with Gasteiger partial charge in [0.25, 0.3) is 5.09 Å². The Morgan fingerprint density at radius 1 is 1.33 bits per heavy atom. The third-order valence-electron chi connectivity index (χ3n) is 1.98. The molecule has 0 saturated carbocycles. The number of ether oxygens (including phenoxy) is 1. The predicted molar refractivity (Wildman–Crippen MR) is 52.6 cm³/mol. The van der Waals surface area contributed by atoms with E-state index in [9.17, 15) is 14.9 Å². The molecule has 0 aliphatic carbocycles. The largest absolute Gasteiger partial charge is 0.462 e. The number of hydrogen-bond donors (Lipinski definition) is 0. The minimum absolute atomic E-state index is 0.113. The van der Waals surface area contributed by atoms with Crippen LogP contribution >= 0.6 is 0 Å². The van der Waals surface area contributed by atoms with Crippen molar-refractivity contribution >= 4 is 5.97 Å². The number of carbonyl (C=O) groups is 1. The Morgan fingerprint density at radius 3 is 2.27 bits per heavy atom. The van der Waals surface area contributed by atoms with Crippen LogP contribution in [0.25, 0.3) is 0 Å². The second kappa shape index (κ2) is 6.21. The zero-order valence-electron chi connectivity index (χ0n) is 9.43. The molecule has 0 spiro atoms. The Labute approximate surface area is 88.7 Å². The summed E-state index contributed by atoms with van der Waals surface area (Å²) in [5, 5.41) is 9.04. The molecule has 6 nitrogen and oxygen atoms in total. The monoisotopic (exact) mass is 219 g/mol. The fraction of sp³-hybridized carbons (Fsp3) is 0.889. The second-order valence-electron chi connectivity index (χ2n) is 3.78. The maximum atomic E-state index is 11.2. The molecule has 0 aliphatic heterocycles. The number of carbonyl (C=O) groups excluding carboxylic acids is 1. The minimum atomic E-state index is -0.913. The van der Waals surface area contributed by atoms with Crippen LogP contribution in [0.2, 0.25) is 0 Å². The lowest BCUT2D eigenvalue weighted by atomic mass is 10.1. The lowest BCUT2D eigenvalue weighted by Gasteiger charge is -2.17. The molecule has 6 heteroatoms. The van der Waals surface area contributed by atoms with Gasteiger partial charge in [-0.05, 0) is 19.8 Å². The Kier molecular flexibility index (Phi) is 5.66. The second-order valence-corrected chi connectivity index (χ2v) is 3.78. The first kappa shape index (κ1) is 13.7. The normalized spacial score (nSPS) is 14.5. The van der Waals surface area contributed by atoms with Crippen molar-refractivity contribution in [3.05, 3.63) is 10.1 Å². The topological polar surface area (TPSA) is 78.7 Å². The zero-order chi connectivity index (χ0) is 12.0. The van der Waals surface area contributed by atoms with Crippen molar-refractivity contribution in [1.29, 1.82) is 0 Å². The summed E-state index contributed by atoms with van der Waals surface area (Å²) in [6, 6.07) is 0. The lowest BCUT2D eigenvalue weighted by Crippen LogP contribution is -2.24. The molecule has 0 aromatic carbocycles. The summed E-state index contributed by atoms with van der Waals surface area (Å²) < 4.78 is 5.02. The van der Waals surface area contributed by atoms with Crippen molar-refractivity contribution in [2.75, 3.05) is 0 Å². The summed E-state index contributed by atoms with van der Waals surface area (Å²) in [5.41, 5.74) is 0. The highest BCUT2D eigenvalue weighted by Crippen LogP contribution is 2.08. The molecule has 0 radical (unpaired) electrons. The molecular formula is C9H17NO5. The van der Waals surface area contributed by atoms with E-state index in [0.717, 1.165) is 0 Å². The molecule has 0 aromatic heterocycles. The van der Waals surface area contributed by atoms with Crippen LogP contribution in [0.15, 0.2) is 0 Å². The first-order valence-corrected chi connectivity index (χ1v) is 4.83. The zero-order valence-corrected chi connectivity index (χ0v) is 9.43. The number of hydrogen-bond acceptors (Lipinski definition) is 5. The van der Waals surface area contributed by atoms with Gasteiger partial charge < -0.3 is 9.57 Å². The highest BCUT2D eigenvalue weighted by Gasteiger charge is 2.17. The van der Waals surface area contributed by atoms with E-state index in [1.165, 1.54) is 6.92 Å². The molecule has 2 atom stereocenters. The molecule has 15 heavy (non-hydrogen) atoms. The SMILES string of the molecule is CC(C)C(C)OC(=O)C[C@H](C)O[N+](=O)[O-]. The Balaban J connectivity index is 3.88. The van der Waals surface area contributed by atoms with E-state index < -0.39 is 17.2 Å². The highest BCUT2D eigenvalue weighted by atomic mass is 17.0. The van der Waals surface area contributed by atoms with E-state index in [0.29, 0.717) is 0 Å². The summed E-state index contributed by atoms with van der Waals surface area (Å²) >= 11 is 0. The third kappa shape index (κ3) is 6.70. The standard InChI is InChI=1S/C9H17NO5/c1-6(2)8(4)14-9(11)5-7(3)15-10(12)13/h6-8H,5H2,1-4H3/t7-,8?/m0/s1. The number of nitrogens with zero attached hydrogens (tertiary/aromatic N) is 1. The maximum absolute atomic E-state index is 11.2. The highest BCUT2D eigenvalue weighted by molar-refractivity contribution is 5.70. The summed E-state index contributed by atoms with van der Waals surface area (Å²) in [4.78, 5) is 25.4. The van der Waals surface area contributed by atoms with Crippen LogP contribution in [0.5, 0.6) is 0 Å². The van der Waals surface area contributed by atoms with Gasteiger partial charge in [0.1, 0.15) is 12.2 Å². The van der Waals surface area contributed by atoms with Crippen LogP contribution in [-0.4, -0.2) is 23.3 Å². The molecule has 1 unspecified atom stereocenters. The van der Waals surface area contributed by atoms with E-state index in [1.54, 1.807) is 6.92 Å². The van der Waals surface area contributed by atoms with Crippen LogP contribution in [0.3, 0.4) is 0 Å². The molecule has 0 aliphatic rings. The van der Waals surface area contributed by atoms with Gasteiger partial charge in [-0.15, -0.1) is 10.1 Å². The summed E-state index contributed by atoms with van der Waals surface area (Å²) in [6.45, 7) is 7.08. The van der Waals surface area contributed by atoms with Gasteiger partial charge in [-0.25, -0.2) is 0 Å². The summed E-state index contributed by atoms with van der Waals surface area (Å²) in [7, 11) is 0. The number of rotatable bonds is 6. The van der Waals surface area contributed by atoms with E-state index in [1.807, 2.05) is 13.8 Å². The van der Waals surface area contributed by atoms with Crippen molar-refractivity contribution in [2.24, 2.45) is 5.92 Å². The van der Waals surface area contributed by atoms with E-state index in [-0.39, 0.29) is 18.4 Å². The predicted octanol–water partition coefficient (Wildman–Crippen LogP) is 1.56. The fourth-order valence-electron chi connectivity index (χ4n) is 0.810. The maximum Gasteiger partial charge on any atom is 0.308 e. The van der Waals surface area contributed by atoms with Gasteiger partial charge in [0.2, 0.25) is 0 Å². The van der Waals surface area contributed by atoms with Crippen LogP contribution in [0.1, 0.15) is 34.1 Å². The van der Waals surface area contributed by atoms with Crippen molar-refractivity contribution in [1.82, 2.24) is 0 Å². The van der Waals surface area contributed by atoms with Gasteiger partial charge in [0, 0.05) is 0 Å². The van der Waals surface area contributed by atoms with Gasteiger partial charge in [-0.2, -0.15) is 0 Å². The molecule has 0 rings (SSSR count). The minimum Gasteiger partial charge on any atom is -0.462 e. The van der Waals surface area contributed by atoms with Crippen LogP contribution in [-0.2, 0) is 14.4 Å². The van der Waals surface area contributed by atoms with E-state index in [2.05, 4.69) is 4.84 Å². The summed E-state index contributed by atoms with van der Waals surface area (Å²) in [5.74, 6) is -0.258. The van der Waals surface area contributed by atoms with Crippen molar-refractivity contribution in [3.63, 3.8) is 0 Å². The van der Waals surface area contributed by atoms with Gasteiger partial charge in [-0.3, -0.25) is 4.79 Å². The average molecular weight is 219 g/mol. The van der Waals surface area contributed by atoms with Crippen LogP contribution < -0.4 is 0 Å². The first-order valence-electron chi connectivity index (χ1n) is 4.83. The van der Waals surface area contributed by atoms with Gasteiger partial charge in [-0.1, -0.05) is 13.8 Å². The first-order chi connectivity index (χ1) is 6.82. The molecular weight excluding hydrogens is 202 g/mol. The Bertz CT molecular complexity index is 229. The molecule has 0 heterocycles. The van der Waals surface area contributed by atoms with Crippen LogP contribution in [0.4, 0.5) is 0 Å².